The third-order valence-electron chi connectivity index (χ3n) is 6.92. The van der Waals surface area contributed by atoms with E-state index in [1.807, 2.05) is 18.2 Å². The lowest BCUT2D eigenvalue weighted by atomic mass is 9.91. The Hall–Kier alpha value is -4.11. The van der Waals surface area contributed by atoms with Crippen LogP contribution in [0.4, 0.5) is 0 Å². The van der Waals surface area contributed by atoms with E-state index in [1.54, 1.807) is 24.1 Å². The lowest BCUT2D eigenvalue weighted by molar-refractivity contribution is -0.142. The zero-order chi connectivity index (χ0) is 27.2. The first-order valence-corrected chi connectivity index (χ1v) is 13.1. The quantitative estimate of drug-likeness (QED) is 0.325. The van der Waals surface area contributed by atoms with Gasteiger partial charge in [0.05, 0.1) is 13.7 Å². The highest BCUT2D eigenvalue weighted by Crippen LogP contribution is 2.40. The predicted molar refractivity (Wildman–Crippen MR) is 143 cm³/mol. The summed E-state index contributed by atoms with van der Waals surface area (Å²) in [5, 5.41) is 8.59. The number of aliphatic carboxylic acids is 1. The van der Waals surface area contributed by atoms with Crippen LogP contribution in [-0.4, -0.2) is 66.9 Å². The van der Waals surface area contributed by atoms with E-state index in [4.69, 9.17) is 24.1 Å². The van der Waals surface area contributed by atoms with Gasteiger partial charge in [0.15, 0.2) is 11.5 Å². The van der Waals surface area contributed by atoms with Gasteiger partial charge in [-0.1, -0.05) is 30.3 Å². The Morgan fingerprint density at radius 1 is 0.923 bits per heavy atom. The summed E-state index contributed by atoms with van der Waals surface area (Å²) in [6.07, 6.45) is 4.10. The number of pyridine rings is 1. The minimum atomic E-state index is -1.03. The number of hydrogen-bond donors (Lipinski definition) is 1. The summed E-state index contributed by atoms with van der Waals surface area (Å²) in [4.78, 5) is 29.4. The van der Waals surface area contributed by atoms with Crippen molar-refractivity contribution >= 4 is 11.9 Å². The van der Waals surface area contributed by atoms with Gasteiger partial charge in [-0.05, 0) is 53.6 Å². The van der Waals surface area contributed by atoms with Crippen LogP contribution in [0.5, 0.6) is 17.2 Å². The Morgan fingerprint density at radius 3 is 2.41 bits per heavy atom. The van der Waals surface area contributed by atoms with Gasteiger partial charge >= 0.3 is 5.97 Å². The topological polar surface area (TPSA) is 107 Å². The maximum atomic E-state index is 12.9. The molecule has 1 aromatic heterocycles. The van der Waals surface area contributed by atoms with Gasteiger partial charge in [-0.25, -0.2) is 4.79 Å². The van der Waals surface area contributed by atoms with E-state index in [0.29, 0.717) is 42.6 Å². The molecule has 3 aromatic rings. The third-order valence-corrected chi connectivity index (χ3v) is 6.92. The molecule has 2 aromatic carbocycles. The SMILES string of the molecule is COc1cc(C2CN(C(=O)c3cc(OCCOCC(=O)O)ccn3)C2)ccc1OCc1ccc(C2CC2)cc1. The number of rotatable bonds is 13. The van der Waals surface area contributed by atoms with E-state index in [0.717, 1.165) is 17.0 Å². The molecule has 1 aliphatic carbocycles. The molecule has 0 spiro atoms. The molecule has 1 saturated carbocycles. The summed E-state index contributed by atoms with van der Waals surface area (Å²) in [5.74, 6) is 1.57. The number of ether oxygens (including phenoxy) is 4. The molecule has 1 saturated heterocycles. The number of methoxy groups -OCH3 is 1. The fraction of sp³-hybridized carbons (Fsp3) is 0.367. The summed E-state index contributed by atoms with van der Waals surface area (Å²) >= 11 is 0. The van der Waals surface area contributed by atoms with Crippen molar-refractivity contribution in [2.45, 2.75) is 31.3 Å². The summed E-state index contributed by atoms with van der Waals surface area (Å²) in [5.41, 5.74) is 3.91. The minimum Gasteiger partial charge on any atom is -0.493 e. The smallest absolute Gasteiger partial charge is 0.329 e. The molecule has 1 aliphatic heterocycles. The van der Waals surface area contributed by atoms with E-state index in [1.165, 1.54) is 24.6 Å². The molecular formula is C30H32N2O7. The fourth-order valence-corrected chi connectivity index (χ4v) is 4.53. The van der Waals surface area contributed by atoms with E-state index in [-0.39, 0.29) is 31.6 Å². The molecule has 0 bridgehead atoms. The van der Waals surface area contributed by atoms with Crippen molar-refractivity contribution in [3.05, 3.63) is 83.2 Å². The van der Waals surface area contributed by atoms with E-state index in [9.17, 15) is 9.59 Å². The van der Waals surface area contributed by atoms with E-state index >= 15 is 0 Å². The summed E-state index contributed by atoms with van der Waals surface area (Å²) in [6.45, 7) is 1.54. The number of hydrogen-bond acceptors (Lipinski definition) is 7. The van der Waals surface area contributed by atoms with Gasteiger partial charge in [-0.3, -0.25) is 9.78 Å². The van der Waals surface area contributed by atoms with Gasteiger partial charge in [0.2, 0.25) is 0 Å². The maximum Gasteiger partial charge on any atom is 0.329 e. The monoisotopic (exact) mass is 532 g/mol. The number of carbonyl (C=O) groups is 2. The number of benzene rings is 2. The van der Waals surface area contributed by atoms with Crippen molar-refractivity contribution in [3.8, 4) is 17.2 Å². The van der Waals surface area contributed by atoms with Gasteiger partial charge in [-0.2, -0.15) is 0 Å². The van der Waals surface area contributed by atoms with Crippen LogP contribution in [0.3, 0.4) is 0 Å². The number of amides is 1. The molecule has 2 fully saturated rings. The van der Waals surface area contributed by atoms with Gasteiger partial charge in [0, 0.05) is 31.3 Å². The highest BCUT2D eigenvalue weighted by atomic mass is 16.5. The molecule has 5 rings (SSSR count). The first-order chi connectivity index (χ1) is 19.0. The first-order valence-electron chi connectivity index (χ1n) is 13.1. The maximum absolute atomic E-state index is 12.9. The Bertz CT molecular complexity index is 1300. The van der Waals surface area contributed by atoms with Crippen LogP contribution in [0.25, 0.3) is 0 Å². The second-order valence-corrected chi connectivity index (χ2v) is 9.79. The molecule has 2 heterocycles. The van der Waals surface area contributed by atoms with Crippen LogP contribution in [-0.2, 0) is 16.1 Å². The average Bonchev–Trinajstić information content (AvgIpc) is 3.77. The van der Waals surface area contributed by atoms with Gasteiger partial charge < -0.3 is 29.0 Å². The number of carbonyl (C=O) groups excluding carboxylic acids is 1. The van der Waals surface area contributed by atoms with Gasteiger partial charge in [-0.15, -0.1) is 0 Å². The Morgan fingerprint density at radius 2 is 1.69 bits per heavy atom. The molecule has 1 N–H and O–H groups in total. The second-order valence-electron chi connectivity index (χ2n) is 9.79. The highest BCUT2D eigenvalue weighted by Gasteiger charge is 2.33. The standard InChI is InChI=1S/C30H32N2O7/c1-36-28-14-23(8-9-27(28)39-18-20-2-4-21(5-3-20)22-6-7-22)24-16-32(17-24)30(35)26-15-25(10-11-31-26)38-13-12-37-19-29(33)34/h2-5,8-11,14-15,22,24H,6-7,12-13,16-19H2,1H3,(H,33,34). The molecule has 0 unspecified atom stereocenters. The van der Waals surface area contributed by atoms with Crippen LogP contribution in [0.1, 0.15) is 51.9 Å². The third kappa shape index (κ3) is 6.86. The molecule has 9 nitrogen and oxygen atoms in total. The largest absolute Gasteiger partial charge is 0.493 e. The van der Waals surface area contributed by atoms with Crippen molar-refractivity contribution in [1.29, 1.82) is 0 Å². The Kier molecular flexibility index (Phi) is 8.27. The first kappa shape index (κ1) is 26.5. The van der Waals surface area contributed by atoms with E-state index in [2.05, 4.69) is 29.2 Å². The van der Waals surface area contributed by atoms with Crippen molar-refractivity contribution in [2.75, 3.05) is 40.0 Å². The lowest BCUT2D eigenvalue weighted by Crippen LogP contribution is -2.48. The highest BCUT2D eigenvalue weighted by molar-refractivity contribution is 5.93. The summed E-state index contributed by atoms with van der Waals surface area (Å²) < 4.78 is 22.2. The Labute approximate surface area is 227 Å². The van der Waals surface area contributed by atoms with Crippen LogP contribution in [0.2, 0.25) is 0 Å². The molecular weight excluding hydrogens is 500 g/mol. The van der Waals surface area contributed by atoms with Crippen molar-refractivity contribution in [1.82, 2.24) is 9.88 Å². The summed E-state index contributed by atoms with van der Waals surface area (Å²) in [7, 11) is 1.63. The minimum absolute atomic E-state index is 0.131. The molecule has 1 amide bonds. The molecule has 0 atom stereocenters. The predicted octanol–water partition coefficient (Wildman–Crippen LogP) is 4.27. The number of carboxylic acid groups (broad SMARTS) is 1. The normalized spacial score (nSPS) is 14.9. The number of nitrogens with zero attached hydrogens (tertiary/aromatic N) is 2. The van der Waals surface area contributed by atoms with Crippen molar-refractivity contribution in [3.63, 3.8) is 0 Å². The number of carboxylic acids is 1. The summed E-state index contributed by atoms with van der Waals surface area (Å²) in [6, 6.07) is 17.8. The molecule has 204 valence electrons. The second kappa shape index (κ2) is 12.2. The van der Waals surface area contributed by atoms with E-state index < -0.39 is 5.97 Å². The molecule has 39 heavy (non-hydrogen) atoms. The van der Waals surface area contributed by atoms with Gasteiger partial charge in [0.1, 0.15) is 31.3 Å². The fourth-order valence-electron chi connectivity index (χ4n) is 4.53. The molecule has 0 radical (unpaired) electrons. The molecule has 9 heteroatoms. The zero-order valence-electron chi connectivity index (χ0n) is 21.9. The average molecular weight is 533 g/mol. The number of aromatic nitrogens is 1. The van der Waals surface area contributed by atoms with Crippen LogP contribution >= 0.6 is 0 Å². The molecule has 2 aliphatic rings. The number of likely N-dealkylation sites (tertiary alicyclic amines) is 1. The van der Waals surface area contributed by atoms with Crippen LogP contribution in [0, 0.1) is 0 Å². The zero-order valence-corrected chi connectivity index (χ0v) is 21.9. The Balaban J connectivity index is 1.11. The van der Waals surface area contributed by atoms with Crippen molar-refractivity contribution in [2.24, 2.45) is 0 Å². The van der Waals surface area contributed by atoms with Gasteiger partial charge in [0.25, 0.3) is 5.91 Å². The van der Waals surface area contributed by atoms with Crippen molar-refractivity contribution < 1.29 is 33.6 Å². The van der Waals surface area contributed by atoms with Crippen LogP contribution < -0.4 is 14.2 Å². The van der Waals surface area contributed by atoms with Crippen LogP contribution in [0.15, 0.2) is 60.8 Å². The lowest BCUT2D eigenvalue weighted by Gasteiger charge is -2.39.